The number of rotatable bonds is 5. The van der Waals surface area contributed by atoms with Crippen LogP contribution in [0.3, 0.4) is 0 Å². The molecule has 10 nitrogen and oxygen atoms in total. The van der Waals surface area contributed by atoms with Crippen molar-refractivity contribution in [3.8, 4) is 11.5 Å². The van der Waals surface area contributed by atoms with E-state index in [1.807, 2.05) is 0 Å². The lowest BCUT2D eigenvalue weighted by molar-refractivity contribution is 0.0795. The number of carbonyl (C=O) groups is 1. The summed E-state index contributed by atoms with van der Waals surface area (Å²) in [6.07, 6.45) is 6.24. The quantitative estimate of drug-likeness (QED) is 0.659. The fourth-order valence-electron chi connectivity index (χ4n) is 3.25. The molecule has 0 saturated carbocycles. The second kappa shape index (κ2) is 8.31. The normalized spacial score (nSPS) is 14.7. The summed E-state index contributed by atoms with van der Waals surface area (Å²) >= 11 is 0. The highest BCUT2D eigenvalue weighted by Crippen LogP contribution is 2.27. The molecule has 3 aromatic rings. The average molecular weight is 396 g/mol. The fraction of sp³-hybridized carbons (Fsp3) is 0.368. The Labute approximate surface area is 165 Å². The fourth-order valence-corrected chi connectivity index (χ4v) is 3.25. The Morgan fingerprint density at radius 2 is 2.14 bits per heavy atom. The minimum absolute atomic E-state index is 0.00512. The van der Waals surface area contributed by atoms with Crippen molar-refractivity contribution in [3.63, 3.8) is 0 Å². The molecule has 4 heterocycles. The van der Waals surface area contributed by atoms with Gasteiger partial charge in [0.25, 0.3) is 5.91 Å². The summed E-state index contributed by atoms with van der Waals surface area (Å²) in [5.74, 6) is 1.03. The molecule has 1 saturated heterocycles. The Bertz CT molecular complexity index is 1060. The van der Waals surface area contributed by atoms with Crippen LogP contribution in [0.5, 0.6) is 0 Å². The third kappa shape index (κ3) is 4.21. The van der Waals surface area contributed by atoms with Gasteiger partial charge in [-0.15, -0.1) is 0 Å². The molecule has 0 aliphatic carbocycles. The smallest absolute Gasteiger partial charge is 0.349 e. The zero-order chi connectivity index (χ0) is 20.2. The van der Waals surface area contributed by atoms with Crippen LogP contribution in [0.4, 0.5) is 0 Å². The number of hydrogen-bond donors (Lipinski definition) is 2. The zero-order valence-corrected chi connectivity index (χ0v) is 15.8. The summed E-state index contributed by atoms with van der Waals surface area (Å²) in [5.41, 5.74) is 0.455. The molecule has 0 unspecified atom stereocenters. The minimum atomic E-state index is -0.637. The number of amides is 1. The predicted octanol–water partition coefficient (Wildman–Crippen LogP) is 1.35. The molecule has 2 N–H and O–H groups in total. The van der Waals surface area contributed by atoms with Crippen LogP contribution in [-0.2, 0) is 11.3 Å². The number of carbonyl (C=O) groups excluding carboxylic acids is 1. The first-order valence-electron chi connectivity index (χ1n) is 9.30. The van der Waals surface area contributed by atoms with Crippen LogP contribution in [0.25, 0.3) is 11.5 Å². The third-order valence-corrected chi connectivity index (χ3v) is 4.76. The van der Waals surface area contributed by atoms with Gasteiger partial charge in [0, 0.05) is 31.5 Å². The van der Waals surface area contributed by atoms with E-state index in [0.29, 0.717) is 41.9 Å². The highest BCUT2D eigenvalue weighted by Gasteiger charge is 2.23. The lowest BCUT2D eigenvalue weighted by Crippen LogP contribution is -2.30. The van der Waals surface area contributed by atoms with E-state index in [2.05, 4.69) is 30.5 Å². The molecule has 10 heteroatoms. The average Bonchev–Trinajstić information content (AvgIpc) is 3.22. The summed E-state index contributed by atoms with van der Waals surface area (Å²) in [6.45, 7) is 3.09. The van der Waals surface area contributed by atoms with Crippen molar-refractivity contribution < 1.29 is 13.9 Å². The SMILES string of the molecule is Cc1cc(C2CCOCC2)oc(=O)c1C(=O)NCc1nc(-c2cnccn2)n[nH]1. The largest absolute Gasteiger partial charge is 0.427 e. The van der Waals surface area contributed by atoms with Crippen molar-refractivity contribution in [3.05, 3.63) is 57.8 Å². The van der Waals surface area contributed by atoms with E-state index in [9.17, 15) is 9.59 Å². The van der Waals surface area contributed by atoms with Crippen LogP contribution in [0.1, 0.15) is 46.3 Å². The van der Waals surface area contributed by atoms with Gasteiger partial charge < -0.3 is 14.5 Å². The Balaban J connectivity index is 1.45. The van der Waals surface area contributed by atoms with E-state index in [-0.39, 0.29) is 18.0 Å². The van der Waals surface area contributed by atoms with Crippen LogP contribution in [0.2, 0.25) is 0 Å². The van der Waals surface area contributed by atoms with Gasteiger partial charge in [-0.1, -0.05) is 0 Å². The van der Waals surface area contributed by atoms with Crippen LogP contribution < -0.4 is 10.9 Å². The van der Waals surface area contributed by atoms with Crippen LogP contribution in [-0.4, -0.2) is 44.3 Å². The molecule has 3 aromatic heterocycles. The first-order chi connectivity index (χ1) is 14.1. The Kier molecular flexibility index (Phi) is 5.43. The molecule has 1 fully saturated rings. The van der Waals surface area contributed by atoms with Crippen molar-refractivity contribution in [1.82, 2.24) is 30.5 Å². The molecule has 1 aliphatic heterocycles. The summed E-state index contributed by atoms with van der Waals surface area (Å²) in [5, 5.41) is 9.46. The van der Waals surface area contributed by atoms with Gasteiger partial charge >= 0.3 is 5.63 Å². The van der Waals surface area contributed by atoms with Gasteiger partial charge in [-0.25, -0.2) is 14.8 Å². The molecule has 1 amide bonds. The molecule has 29 heavy (non-hydrogen) atoms. The number of nitrogens with zero attached hydrogens (tertiary/aromatic N) is 4. The van der Waals surface area contributed by atoms with Crippen molar-refractivity contribution in [2.75, 3.05) is 13.2 Å². The van der Waals surface area contributed by atoms with E-state index >= 15 is 0 Å². The van der Waals surface area contributed by atoms with Gasteiger partial charge in [-0.2, -0.15) is 5.10 Å². The van der Waals surface area contributed by atoms with Crippen molar-refractivity contribution in [1.29, 1.82) is 0 Å². The molecular weight excluding hydrogens is 376 g/mol. The predicted molar refractivity (Wildman–Crippen MR) is 101 cm³/mol. The first kappa shape index (κ1) is 18.9. The number of aromatic nitrogens is 5. The van der Waals surface area contributed by atoms with E-state index in [4.69, 9.17) is 9.15 Å². The van der Waals surface area contributed by atoms with Gasteiger partial charge in [0.1, 0.15) is 22.8 Å². The number of hydrogen-bond acceptors (Lipinski definition) is 8. The van der Waals surface area contributed by atoms with Crippen LogP contribution >= 0.6 is 0 Å². The molecule has 0 bridgehead atoms. The number of aromatic amines is 1. The molecule has 150 valence electrons. The summed E-state index contributed by atoms with van der Waals surface area (Å²) in [7, 11) is 0. The molecule has 0 aromatic carbocycles. The summed E-state index contributed by atoms with van der Waals surface area (Å²) in [6, 6.07) is 1.77. The second-order valence-electron chi connectivity index (χ2n) is 6.76. The Morgan fingerprint density at radius 3 is 2.86 bits per heavy atom. The van der Waals surface area contributed by atoms with Crippen molar-refractivity contribution in [2.24, 2.45) is 0 Å². The second-order valence-corrected chi connectivity index (χ2v) is 6.76. The molecule has 4 rings (SSSR count). The maximum atomic E-state index is 12.5. The number of aryl methyl sites for hydroxylation is 1. The minimum Gasteiger partial charge on any atom is -0.427 e. The Morgan fingerprint density at radius 1 is 1.31 bits per heavy atom. The van der Waals surface area contributed by atoms with Crippen LogP contribution in [0.15, 0.2) is 33.9 Å². The molecule has 0 spiro atoms. The van der Waals surface area contributed by atoms with E-state index in [1.54, 1.807) is 31.6 Å². The van der Waals surface area contributed by atoms with E-state index in [1.165, 1.54) is 0 Å². The maximum absolute atomic E-state index is 12.5. The van der Waals surface area contributed by atoms with Crippen molar-refractivity contribution >= 4 is 5.91 Å². The number of ether oxygens (including phenoxy) is 1. The number of nitrogens with one attached hydrogen (secondary N) is 2. The lowest BCUT2D eigenvalue weighted by atomic mass is 9.95. The highest BCUT2D eigenvalue weighted by molar-refractivity contribution is 5.95. The van der Waals surface area contributed by atoms with E-state index < -0.39 is 11.5 Å². The summed E-state index contributed by atoms with van der Waals surface area (Å²) < 4.78 is 10.8. The van der Waals surface area contributed by atoms with Crippen LogP contribution in [0, 0.1) is 6.92 Å². The molecule has 0 atom stereocenters. The first-order valence-corrected chi connectivity index (χ1v) is 9.30. The zero-order valence-electron chi connectivity index (χ0n) is 15.8. The van der Waals surface area contributed by atoms with Gasteiger partial charge in [-0.05, 0) is 31.4 Å². The van der Waals surface area contributed by atoms with Crippen molar-refractivity contribution in [2.45, 2.75) is 32.2 Å². The van der Waals surface area contributed by atoms with Gasteiger partial charge in [0.2, 0.25) is 5.82 Å². The monoisotopic (exact) mass is 396 g/mol. The molecule has 0 radical (unpaired) electrons. The topological polar surface area (TPSA) is 136 Å². The highest BCUT2D eigenvalue weighted by atomic mass is 16.5. The third-order valence-electron chi connectivity index (χ3n) is 4.76. The Hall–Kier alpha value is -3.40. The lowest BCUT2D eigenvalue weighted by Gasteiger charge is -2.21. The van der Waals surface area contributed by atoms with E-state index in [0.717, 1.165) is 12.8 Å². The molecular formula is C19H20N6O4. The number of H-pyrrole nitrogens is 1. The van der Waals surface area contributed by atoms with Gasteiger partial charge in [0.15, 0.2) is 0 Å². The summed E-state index contributed by atoms with van der Waals surface area (Å²) in [4.78, 5) is 37.3. The van der Waals surface area contributed by atoms with Gasteiger partial charge in [0.05, 0.1) is 12.7 Å². The standard InChI is InChI=1S/C19H20N6O4/c1-11-8-14(12-2-6-28-7-3-12)29-19(27)16(11)18(26)22-10-15-23-17(25-24-15)13-9-20-4-5-21-13/h4-5,8-9,12H,2-3,6-7,10H2,1H3,(H,22,26)(H,23,24,25). The maximum Gasteiger partial charge on any atom is 0.349 e. The molecule has 1 aliphatic rings. The van der Waals surface area contributed by atoms with Gasteiger partial charge in [-0.3, -0.25) is 14.9 Å².